The lowest BCUT2D eigenvalue weighted by Gasteiger charge is -2.33. The molecular formula is C12H20N4O3. The van der Waals surface area contributed by atoms with Gasteiger partial charge < -0.3 is 9.47 Å². The van der Waals surface area contributed by atoms with Gasteiger partial charge in [0.1, 0.15) is 18.2 Å². The highest BCUT2D eigenvalue weighted by Crippen LogP contribution is 2.12. The molecule has 1 aromatic rings. The summed E-state index contributed by atoms with van der Waals surface area (Å²) in [6.07, 6.45) is 2.55. The maximum atomic E-state index is 11.7. The third-order valence-corrected chi connectivity index (χ3v) is 3.19. The van der Waals surface area contributed by atoms with E-state index in [9.17, 15) is 4.79 Å². The van der Waals surface area contributed by atoms with Gasteiger partial charge in [0.2, 0.25) is 0 Å². The predicted molar refractivity (Wildman–Crippen MR) is 67.3 cm³/mol. The van der Waals surface area contributed by atoms with E-state index in [1.54, 1.807) is 6.33 Å². The summed E-state index contributed by atoms with van der Waals surface area (Å²) in [5.74, 6) is 0.610. The Kier molecular flexibility index (Phi) is 4.86. The largest absolute Gasteiger partial charge is 0.468 e. The average Bonchev–Trinajstić information content (AvgIpc) is 2.86. The summed E-state index contributed by atoms with van der Waals surface area (Å²) < 4.78 is 12.0. The fourth-order valence-corrected chi connectivity index (χ4v) is 2.17. The highest BCUT2D eigenvalue weighted by molar-refractivity contribution is 5.75. The van der Waals surface area contributed by atoms with Gasteiger partial charge in [-0.15, -0.1) is 0 Å². The number of esters is 1. The lowest BCUT2D eigenvalue weighted by Crippen LogP contribution is -2.50. The van der Waals surface area contributed by atoms with E-state index in [0.29, 0.717) is 26.3 Å². The maximum absolute atomic E-state index is 11.7. The van der Waals surface area contributed by atoms with Crippen LogP contribution in [-0.2, 0) is 27.4 Å². The first-order valence-corrected chi connectivity index (χ1v) is 6.52. The van der Waals surface area contributed by atoms with Crippen molar-refractivity contribution in [2.45, 2.75) is 32.5 Å². The highest BCUT2D eigenvalue weighted by Gasteiger charge is 2.31. The molecule has 2 heterocycles. The van der Waals surface area contributed by atoms with Crippen molar-refractivity contribution in [1.29, 1.82) is 0 Å². The number of nitrogens with zero attached hydrogens (tertiary/aromatic N) is 4. The van der Waals surface area contributed by atoms with Crippen molar-refractivity contribution in [3.8, 4) is 0 Å². The molecule has 1 unspecified atom stereocenters. The minimum absolute atomic E-state index is 0.263. The molecule has 0 aromatic carbocycles. The summed E-state index contributed by atoms with van der Waals surface area (Å²) in [4.78, 5) is 18.0. The van der Waals surface area contributed by atoms with Crippen LogP contribution in [0.5, 0.6) is 0 Å². The number of hydrogen-bond acceptors (Lipinski definition) is 6. The monoisotopic (exact) mass is 268 g/mol. The lowest BCUT2D eigenvalue weighted by molar-refractivity contribution is -0.153. The van der Waals surface area contributed by atoms with Gasteiger partial charge in [0.05, 0.1) is 26.9 Å². The van der Waals surface area contributed by atoms with Crippen LogP contribution in [-0.4, -0.2) is 58.5 Å². The van der Waals surface area contributed by atoms with Crippen LogP contribution in [0.25, 0.3) is 0 Å². The van der Waals surface area contributed by atoms with Gasteiger partial charge in [0.15, 0.2) is 0 Å². The molecule has 1 aromatic heterocycles. The molecule has 0 aliphatic carbocycles. The van der Waals surface area contributed by atoms with Gasteiger partial charge in [0.25, 0.3) is 0 Å². The number of methoxy groups -OCH3 is 1. The Morgan fingerprint density at radius 2 is 2.47 bits per heavy atom. The first kappa shape index (κ1) is 14.0. The molecule has 0 radical (unpaired) electrons. The molecule has 0 saturated carbocycles. The van der Waals surface area contributed by atoms with Gasteiger partial charge in [-0.25, -0.2) is 9.67 Å². The maximum Gasteiger partial charge on any atom is 0.325 e. The van der Waals surface area contributed by atoms with Crippen LogP contribution in [0.3, 0.4) is 0 Å². The van der Waals surface area contributed by atoms with Crippen molar-refractivity contribution in [3.05, 3.63) is 12.2 Å². The molecule has 1 aliphatic rings. The van der Waals surface area contributed by atoms with Crippen molar-refractivity contribution >= 4 is 5.97 Å². The van der Waals surface area contributed by atoms with Crippen LogP contribution in [0, 0.1) is 0 Å². The Morgan fingerprint density at radius 1 is 1.63 bits per heavy atom. The smallest absolute Gasteiger partial charge is 0.325 e. The Bertz CT molecular complexity index is 421. The van der Waals surface area contributed by atoms with E-state index < -0.39 is 0 Å². The standard InChI is InChI=1S/C12H20N4O3/c1-3-4-16-11(13-9-14-16)7-15-5-6-19-8-10(15)12(17)18-2/h9-10H,3-8H2,1-2H3. The molecule has 1 aliphatic heterocycles. The number of carbonyl (C=O) groups is 1. The fourth-order valence-electron chi connectivity index (χ4n) is 2.17. The van der Waals surface area contributed by atoms with Gasteiger partial charge in [-0.05, 0) is 6.42 Å². The minimum Gasteiger partial charge on any atom is -0.468 e. The molecule has 1 atom stereocenters. The average molecular weight is 268 g/mol. The molecule has 19 heavy (non-hydrogen) atoms. The zero-order valence-corrected chi connectivity index (χ0v) is 11.4. The molecule has 0 spiro atoms. The van der Waals surface area contributed by atoms with Crippen LogP contribution >= 0.6 is 0 Å². The van der Waals surface area contributed by atoms with E-state index in [2.05, 4.69) is 17.0 Å². The summed E-state index contributed by atoms with van der Waals surface area (Å²) in [6.45, 7) is 5.20. The zero-order valence-electron chi connectivity index (χ0n) is 11.4. The van der Waals surface area contributed by atoms with Crippen LogP contribution in [0.4, 0.5) is 0 Å². The molecule has 1 saturated heterocycles. The second-order valence-corrected chi connectivity index (χ2v) is 4.48. The molecule has 7 nitrogen and oxygen atoms in total. The summed E-state index contributed by atoms with van der Waals surface area (Å²) in [5, 5.41) is 4.19. The van der Waals surface area contributed by atoms with Crippen LogP contribution in [0.2, 0.25) is 0 Å². The van der Waals surface area contributed by atoms with Crippen LogP contribution < -0.4 is 0 Å². The van der Waals surface area contributed by atoms with E-state index in [-0.39, 0.29) is 12.0 Å². The Labute approximate surface area is 112 Å². The van der Waals surface area contributed by atoms with Crippen LogP contribution in [0.1, 0.15) is 19.2 Å². The Morgan fingerprint density at radius 3 is 3.21 bits per heavy atom. The molecule has 0 amide bonds. The van der Waals surface area contributed by atoms with E-state index in [1.807, 2.05) is 9.58 Å². The number of rotatable bonds is 5. The zero-order chi connectivity index (χ0) is 13.7. The van der Waals surface area contributed by atoms with E-state index in [4.69, 9.17) is 9.47 Å². The number of morpholine rings is 1. The normalized spacial score (nSPS) is 20.4. The van der Waals surface area contributed by atoms with Crippen molar-refractivity contribution < 1.29 is 14.3 Å². The molecule has 2 rings (SSSR count). The molecular weight excluding hydrogens is 248 g/mol. The van der Waals surface area contributed by atoms with Gasteiger partial charge in [-0.3, -0.25) is 9.69 Å². The fraction of sp³-hybridized carbons (Fsp3) is 0.750. The molecule has 0 bridgehead atoms. The first-order chi connectivity index (χ1) is 9.26. The van der Waals surface area contributed by atoms with Crippen molar-refractivity contribution in [3.63, 3.8) is 0 Å². The summed E-state index contributed by atoms with van der Waals surface area (Å²) in [7, 11) is 1.40. The van der Waals surface area contributed by atoms with Gasteiger partial charge in [0, 0.05) is 13.1 Å². The van der Waals surface area contributed by atoms with Gasteiger partial charge in [-0.1, -0.05) is 6.92 Å². The molecule has 1 fully saturated rings. The number of hydrogen-bond donors (Lipinski definition) is 0. The molecule has 7 heteroatoms. The quantitative estimate of drug-likeness (QED) is 0.703. The number of aryl methyl sites for hydroxylation is 1. The summed E-state index contributed by atoms with van der Waals surface area (Å²) in [6, 6.07) is -0.356. The number of carbonyl (C=O) groups excluding carboxylic acids is 1. The highest BCUT2D eigenvalue weighted by atomic mass is 16.5. The molecule has 106 valence electrons. The summed E-state index contributed by atoms with van der Waals surface area (Å²) in [5.41, 5.74) is 0. The van der Waals surface area contributed by atoms with Crippen molar-refractivity contribution in [1.82, 2.24) is 19.7 Å². The molecule has 0 N–H and O–H groups in total. The van der Waals surface area contributed by atoms with Gasteiger partial charge in [-0.2, -0.15) is 5.10 Å². The number of aromatic nitrogens is 3. The Hall–Kier alpha value is -1.47. The third-order valence-electron chi connectivity index (χ3n) is 3.19. The van der Waals surface area contributed by atoms with Crippen molar-refractivity contribution in [2.24, 2.45) is 0 Å². The van der Waals surface area contributed by atoms with Crippen molar-refractivity contribution in [2.75, 3.05) is 26.9 Å². The lowest BCUT2D eigenvalue weighted by atomic mass is 10.2. The third kappa shape index (κ3) is 3.30. The second kappa shape index (κ2) is 6.63. The second-order valence-electron chi connectivity index (χ2n) is 4.48. The summed E-state index contributed by atoms with van der Waals surface area (Å²) >= 11 is 0. The van der Waals surface area contributed by atoms with E-state index >= 15 is 0 Å². The first-order valence-electron chi connectivity index (χ1n) is 6.52. The van der Waals surface area contributed by atoms with Crippen LogP contribution in [0.15, 0.2) is 6.33 Å². The number of ether oxygens (including phenoxy) is 2. The SMILES string of the molecule is CCCn1ncnc1CN1CCOCC1C(=O)OC. The van der Waals surface area contributed by atoms with Gasteiger partial charge >= 0.3 is 5.97 Å². The Balaban J connectivity index is 2.06. The minimum atomic E-state index is -0.356. The van der Waals surface area contributed by atoms with E-state index in [1.165, 1.54) is 7.11 Å². The topological polar surface area (TPSA) is 69.5 Å². The van der Waals surface area contributed by atoms with E-state index in [0.717, 1.165) is 18.8 Å². The predicted octanol–water partition coefficient (Wildman–Crippen LogP) is 0.0619.